The van der Waals surface area contributed by atoms with Crippen LogP contribution in [0.3, 0.4) is 0 Å². The molecule has 0 saturated carbocycles. The highest BCUT2D eigenvalue weighted by Crippen LogP contribution is 2.24. The molecule has 0 spiro atoms. The fraction of sp³-hybridized carbons (Fsp3) is 0.538. The summed E-state index contributed by atoms with van der Waals surface area (Å²) in [6.07, 6.45) is 12.6. The number of hydrogen-bond donors (Lipinski definition) is 1. The molecular formula is C13H17N3. The lowest BCUT2D eigenvalue weighted by molar-refractivity contribution is 0.661. The number of nitrogens with one attached hydrogen (secondary N) is 1. The molecule has 1 aliphatic carbocycles. The Morgan fingerprint density at radius 2 is 2.25 bits per heavy atom. The maximum atomic E-state index is 5.45. The van der Waals surface area contributed by atoms with Gasteiger partial charge in [-0.3, -0.25) is 0 Å². The average molecular weight is 215 g/mol. The number of nitrogens with zero attached hydrogens (tertiary/aromatic N) is 2. The number of terminal acetylenes is 1. The number of anilines is 1. The molecule has 0 saturated heterocycles. The van der Waals surface area contributed by atoms with Crippen LogP contribution in [0.15, 0.2) is 6.33 Å². The lowest BCUT2D eigenvalue weighted by Gasteiger charge is -2.19. The third-order valence-corrected chi connectivity index (χ3v) is 3.05. The Kier molecular flexibility index (Phi) is 3.40. The molecule has 3 nitrogen and oxygen atoms in total. The monoisotopic (exact) mass is 215 g/mol. The van der Waals surface area contributed by atoms with E-state index in [1.807, 2.05) is 0 Å². The molecule has 0 fully saturated rings. The zero-order valence-corrected chi connectivity index (χ0v) is 9.66. The predicted molar refractivity (Wildman–Crippen MR) is 65.2 cm³/mol. The second-order valence-corrected chi connectivity index (χ2v) is 4.13. The van der Waals surface area contributed by atoms with E-state index in [0.717, 1.165) is 25.1 Å². The summed E-state index contributed by atoms with van der Waals surface area (Å²) >= 11 is 0. The molecule has 16 heavy (non-hydrogen) atoms. The molecule has 2 rings (SSSR count). The lowest BCUT2D eigenvalue weighted by Crippen LogP contribution is -2.20. The summed E-state index contributed by atoms with van der Waals surface area (Å²) in [5, 5.41) is 3.32. The van der Waals surface area contributed by atoms with E-state index in [9.17, 15) is 0 Å². The smallest absolute Gasteiger partial charge is 0.133 e. The van der Waals surface area contributed by atoms with Gasteiger partial charge in [0.05, 0.1) is 6.04 Å². The van der Waals surface area contributed by atoms with E-state index in [-0.39, 0.29) is 6.04 Å². The molecule has 1 N–H and O–H groups in total. The second kappa shape index (κ2) is 4.98. The molecule has 1 atom stereocenters. The topological polar surface area (TPSA) is 37.8 Å². The van der Waals surface area contributed by atoms with Crippen molar-refractivity contribution in [3.8, 4) is 12.3 Å². The number of hydrogen-bond acceptors (Lipinski definition) is 3. The molecule has 1 heterocycles. The van der Waals surface area contributed by atoms with Crippen LogP contribution in [0.25, 0.3) is 0 Å². The van der Waals surface area contributed by atoms with Crippen molar-refractivity contribution in [1.29, 1.82) is 0 Å². The van der Waals surface area contributed by atoms with Crippen LogP contribution in [0.1, 0.15) is 37.4 Å². The first-order valence-corrected chi connectivity index (χ1v) is 5.90. The molecule has 3 heteroatoms. The number of fused-ring (bicyclic) bond motifs is 1. The minimum absolute atomic E-state index is 0.0703. The Balaban J connectivity index is 2.24. The second-order valence-electron chi connectivity index (χ2n) is 4.13. The van der Waals surface area contributed by atoms with E-state index in [2.05, 4.69) is 28.1 Å². The maximum absolute atomic E-state index is 5.45. The molecule has 1 unspecified atom stereocenters. The number of aryl methyl sites for hydroxylation is 1. The van der Waals surface area contributed by atoms with Crippen molar-refractivity contribution in [2.75, 3.05) is 5.32 Å². The molecule has 1 aliphatic rings. The number of aromatic nitrogens is 2. The molecule has 0 aliphatic heterocycles. The van der Waals surface area contributed by atoms with Crippen molar-refractivity contribution in [2.45, 2.75) is 45.1 Å². The van der Waals surface area contributed by atoms with Crippen LogP contribution in [0.4, 0.5) is 5.82 Å². The van der Waals surface area contributed by atoms with Gasteiger partial charge in [-0.15, -0.1) is 6.42 Å². The fourth-order valence-corrected chi connectivity index (χ4v) is 2.07. The highest BCUT2D eigenvalue weighted by molar-refractivity contribution is 5.48. The van der Waals surface area contributed by atoms with Gasteiger partial charge in [0.1, 0.15) is 12.1 Å². The largest absolute Gasteiger partial charge is 0.356 e. The zero-order chi connectivity index (χ0) is 11.4. The molecule has 0 aromatic carbocycles. The average Bonchev–Trinajstić information content (AvgIpc) is 2.36. The Labute approximate surface area is 96.7 Å². The molecule has 0 radical (unpaired) electrons. The molecule has 1 aromatic heterocycles. The summed E-state index contributed by atoms with van der Waals surface area (Å²) in [7, 11) is 0. The third-order valence-electron chi connectivity index (χ3n) is 3.05. The standard InChI is InChI=1S/C13H17N3/c1-3-10(4-2)16-13-11-7-5-6-8-12(11)14-9-15-13/h1,9-10H,4-8H2,2H3,(H,14,15,16). The van der Waals surface area contributed by atoms with Gasteiger partial charge in [0.2, 0.25) is 0 Å². The Morgan fingerprint density at radius 3 is 3.00 bits per heavy atom. The van der Waals surface area contributed by atoms with Crippen molar-refractivity contribution in [1.82, 2.24) is 9.97 Å². The summed E-state index contributed by atoms with van der Waals surface area (Å²) in [5.74, 6) is 3.67. The maximum Gasteiger partial charge on any atom is 0.133 e. The summed E-state index contributed by atoms with van der Waals surface area (Å²) in [6.45, 7) is 2.07. The molecular weight excluding hydrogens is 198 g/mol. The minimum Gasteiger partial charge on any atom is -0.356 e. The highest BCUT2D eigenvalue weighted by Gasteiger charge is 2.16. The molecule has 84 valence electrons. The van der Waals surface area contributed by atoms with Crippen molar-refractivity contribution < 1.29 is 0 Å². The van der Waals surface area contributed by atoms with Crippen LogP contribution in [0, 0.1) is 12.3 Å². The van der Waals surface area contributed by atoms with Crippen LogP contribution in [-0.2, 0) is 12.8 Å². The van der Waals surface area contributed by atoms with Crippen molar-refractivity contribution >= 4 is 5.82 Å². The van der Waals surface area contributed by atoms with Gasteiger partial charge in [-0.1, -0.05) is 12.8 Å². The number of rotatable bonds is 3. The van der Waals surface area contributed by atoms with Gasteiger partial charge in [-0.05, 0) is 32.1 Å². The predicted octanol–water partition coefficient (Wildman–Crippen LogP) is 2.18. The lowest BCUT2D eigenvalue weighted by atomic mass is 9.96. The molecule has 0 bridgehead atoms. The van der Waals surface area contributed by atoms with Gasteiger partial charge in [0, 0.05) is 11.3 Å². The Morgan fingerprint density at radius 1 is 1.44 bits per heavy atom. The van der Waals surface area contributed by atoms with E-state index >= 15 is 0 Å². The summed E-state index contributed by atoms with van der Waals surface area (Å²) in [4.78, 5) is 8.65. The van der Waals surface area contributed by atoms with E-state index in [1.54, 1.807) is 6.33 Å². The van der Waals surface area contributed by atoms with Gasteiger partial charge < -0.3 is 5.32 Å². The normalized spacial score (nSPS) is 16.0. The van der Waals surface area contributed by atoms with Gasteiger partial charge in [0.15, 0.2) is 0 Å². The quantitative estimate of drug-likeness (QED) is 0.785. The van der Waals surface area contributed by atoms with Crippen LogP contribution >= 0.6 is 0 Å². The first-order valence-electron chi connectivity index (χ1n) is 5.90. The van der Waals surface area contributed by atoms with Gasteiger partial charge in [-0.25, -0.2) is 9.97 Å². The fourth-order valence-electron chi connectivity index (χ4n) is 2.07. The van der Waals surface area contributed by atoms with Crippen LogP contribution in [0.5, 0.6) is 0 Å². The SMILES string of the molecule is C#CC(CC)Nc1ncnc2c1CCCC2. The van der Waals surface area contributed by atoms with Gasteiger partial charge in [-0.2, -0.15) is 0 Å². The third kappa shape index (κ3) is 2.16. The van der Waals surface area contributed by atoms with E-state index in [0.29, 0.717) is 0 Å². The van der Waals surface area contributed by atoms with Crippen LogP contribution in [-0.4, -0.2) is 16.0 Å². The van der Waals surface area contributed by atoms with Crippen molar-refractivity contribution in [2.24, 2.45) is 0 Å². The first kappa shape index (κ1) is 10.9. The molecule has 1 aromatic rings. The summed E-state index contributed by atoms with van der Waals surface area (Å²) < 4.78 is 0. The highest BCUT2D eigenvalue weighted by atomic mass is 15.0. The zero-order valence-electron chi connectivity index (χ0n) is 9.66. The Bertz CT molecular complexity index is 406. The van der Waals surface area contributed by atoms with Gasteiger partial charge in [0.25, 0.3) is 0 Å². The van der Waals surface area contributed by atoms with E-state index in [4.69, 9.17) is 6.42 Å². The Hall–Kier alpha value is -1.56. The van der Waals surface area contributed by atoms with Crippen LogP contribution in [0.2, 0.25) is 0 Å². The molecule has 0 amide bonds. The van der Waals surface area contributed by atoms with Gasteiger partial charge >= 0.3 is 0 Å². The van der Waals surface area contributed by atoms with Crippen molar-refractivity contribution in [3.63, 3.8) is 0 Å². The van der Waals surface area contributed by atoms with Crippen molar-refractivity contribution in [3.05, 3.63) is 17.6 Å². The van der Waals surface area contributed by atoms with Crippen LogP contribution < -0.4 is 5.32 Å². The van der Waals surface area contributed by atoms with E-state index < -0.39 is 0 Å². The minimum atomic E-state index is 0.0703. The van der Waals surface area contributed by atoms with E-state index in [1.165, 1.54) is 24.1 Å². The first-order chi connectivity index (χ1) is 7.85. The summed E-state index contributed by atoms with van der Waals surface area (Å²) in [6, 6.07) is 0.0703. The summed E-state index contributed by atoms with van der Waals surface area (Å²) in [5.41, 5.74) is 2.46.